The van der Waals surface area contributed by atoms with Crippen LogP contribution in [0.2, 0.25) is 0 Å². The van der Waals surface area contributed by atoms with Gasteiger partial charge in [0.05, 0.1) is 0 Å². The number of carbonyl (C=O) groups is 1. The van der Waals surface area contributed by atoms with E-state index in [4.69, 9.17) is 0 Å². The molecule has 0 aliphatic carbocycles. The summed E-state index contributed by atoms with van der Waals surface area (Å²) < 4.78 is 0. The van der Waals surface area contributed by atoms with E-state index in [9.17, 15) is 4.79 Å². The molecule has 0 bridgehead atoms. The monoisotopic (exact) mass is 69.1 g/mol. The van der Waals surface area contributed by atoms with Crippen molar-refractivity contribution in [1.82, 2.24) is 0 Å². The molecule has 0 saturated heterocycles. The molecule has 0 aromatic carbocycles. The third kappa shape index (κ3) is 500. The van der Waals surface area contributed by atoms with Gasteiger partial charge < -0.3 is 7.65 Å². The molecule has 0 aromatic rings. The van der Waals surface area contributed by atoms with Gasteiger partial charge in [0.15, 0.2) is 0 Å². The van der Waals surface area contributed by atoms with E-state index >= 15 is 0 Å². The molecule has 0 amide bonds. The molecule has 0 radical (unpaired) electrons. The number of hydrogen-bond acceptors (Lipinski definition) is 1. The van der Waals surface area contributed by atoms with Gasteiger partial charge in [-0.15, -0.1) is 0 Å². The van der Waals surface area contributed by atoms with Crippen LogP contribution in [0.1, 0.15) is 16.7 Å². The fourth-order valence-corrected chi connectivity index (χ4v) is 0. The Labute approximate surface area is 38.6 Å². The predicted octanol–water partition coefficient (Wildman–Crippen LogP) is 0.439. The molecule has 0 fully saturated rings. The molecule has 0 spiro atoms. The molecule has 0 heterocycles. The molecule has 0 saturated carbocycles. The molecular weight excluding hydrogens is 61.0 g/mol. The first kappa shape index (κ1) is 8.85. The van der Waals surface area contributed by atoms with Gasteiger partial charge in [0, 0.05) is 0 Å². The molecule has 0 unspecified atom stereocenters. The number of rotatable bonds is 0. The van der Waals surface area contributed by atoms with E-state index in [1.165, 1.54) is 13.8 Å². The van der Waals surface area contributed by atoms with Gasteiger partial charge in [0.25, 0.3) is 0 Å². The Bertz CT molecular complexity index is 35.9. The Balaban J connectivity index is -0.0000000150. The smallest absolute Gasteiger partial charge is 1.00 e. The third-order valence-electron chi connectivity index (χ3n) is 0. The summed E-state index contributed by atoms with van der Waals surface area (Å²) >= 11 is 0. The van der Waals surface area contributed by atoms with Crippen molar-refractivity contribution in [2.45, 2.75) is 13.8 Å². The van der Waals surface area contributed by atoms with Crippen LogP contribution >= 0.6 is 0 Å². The van der Waals surface area contributed by atoms with Crippen molar-refractivity contribution < 1.29 is 7.65 Å². The number of Topliss-reactive ketones (excluding diaryl/α,β-unsaturated/α-hetero) is 1. The maximum absolute atomic E-state index is 9.44. The minimum Gasteiger partial charge on any atom is -1.00 e. The van der Waals surface area contributed by atoms with E-state index in [-0.39, 0.29) is 18.8 Å². The molecule has 0 N–H and O–H groups in total. The van der Waals surface area contributed by atoms with Gasteiger partial charge in [-0.2, -0.15) is 0 Å². The summed E-state index contributed by atoms with van der Waals surface area (Å²) in [7, 11) is 0. The van der Waals surface area contributed by atoms with E-state index in [1.807, 2.05) is 0 Å². The minimum absolute atomic E-state index is 0. The second kappa shape index (κ2) is 3.84. The Morgan fingerprint density at radius 3 is 1.60 bits per heavy atom. The normalized spacial score (nSPS) is 5.20. The van der Waals surface area contributed by atoms with Crippen molar-refractivity contribution in [2.24, 2.45) is 0 Å². The molecule has 0 rings (SSSR count). The van der Waals surface area contributed by atoms with Crippen molar-refractivity contribution >= 4 is 15.9 Å². The van der Waals surface area contributed by atoms with Crippen LogP contribution < -0.4 is 0 Å². The molecule has 0 aromatic heterocycles. The summed E-state index contributed by atoms with van der Waals surface area (Å²) in [6.45, 7) is 3.06. The first-order chi connectivity index (χ1) is 1.73. The Kier molecular flexibility index (Phi) is 6.79. The second-order valence-electron chi connectivity index (χ2n) is 0.908. The van der Waals surface area contributed by atoms with Crippen molar-refractivity contribution in [1.29, 1.82) is 0 Å². The summed E-state index contributed by atoms with van der Waals surface area (Å²) in [5.41, 5.74) is 0. The molecule has 0 aliphatic heterocycles. The first-order valence-corrected chi connectivity index (χ1v) is 1.20. The molecule has 1 nitrogen and oxygen atoms in total. The Morgan fingerprint density at radius 2 is 1.60 bits per heavy atom. The SMILES string of the molecule is CC(C)=O.[Be+2].[H-].[H-]. The average Bonchev–Trinajstić information content (AvgIpc) is 0.811. The van der Waals surface area contributed by atoms with Crippen LogP contribution in [0.15, 0.2) is 0 Å². The fraction of sp³-hybridized carbons (Fsp3) is 0.667. The third-order valence-corrected chi connectivity index (χ3v) is 0. The molecular formula is C3H8BeO. The molecule has 28 valence electrons. The van der Waals surface area contributed by atoms with Crippen LogP contribution in [0.3, 0.4) is 0 Å². The second-order valence-corrected chi connectivity index (χ2v) is 0.908. The van der Waals surface area contributed by atoms with Crippen molar-refractivity contribution in [3.63, 3.8) is 0 Å². The predicted molar refractivity (Wildman–Crippen MR) is 24.3 cm³/mol. The van der Waals surface area contributed by atoms with Crippen LogP contribution in [0.25, 0.3) is 0 Å². The zero-order valence-corrected chi connectivity index (χ0v) is 3.62. The van der Waals surface area contributed by atoms with Crippen LogP contribution in [-0.2, 0) is 4.79 Å². The Hall–Kier alpha value is -0.161. The maximum atomic E-state index is 9.44. The Morgan fingerprint density at radius 1 is 1.60 bits per heavy atom. The van der Waals surface area contributed by atoms with Crippen LogP contribution in [0.5, 0.6) is 0 Å². The standard InChI is InChI=1S/C3H6O.Be.2H/c1-3(2)4;;;/h1-2H3;;;/q;+2;2*-1. The van der Waals surface area contributed by atoms with E-state index in [0.29, 0.717) is 0 Å². The van der Waals surface area contributed by atoms with Gasteiger partial charge >= 0.3 is 10.1 Å². The van der Waals surface area contributed by atoms with Gasteiger partial charge in [-0.1, -0.05) is 0 Å². The number of hydrogen-bond donors (Lipinski definition) is 0. The van der Waals surface area contributed by atoms with E-state index < -0.39 is 0 Å². The van der Waals surface area contributed by atoms with E-state index in [2.05, 4.69) is 0 Å². The quantitative estimate of drug-likeness (QED) is 0.377. The summed E-state index contributed by atoms with van der Waals surface area (Å²) in [6, 6.07) is 0. The van der Waals surface area contributed by atoms with Crippen LogP contribution in [0, 0.1) is 0 Å². The van der Waals surface area contributed by atoms with Crippen molar-refractivity contribution in [2.75, 3.05) is 0 Å². The summed E-state index contributed by atoms with van der Waals surface area (Å²) in [6.07, 6.45) is 0. The van der Waals surface area contributed by atoms with Gasteiger partial charge in [0.1, 0.15) is 5.78 Å². The first-order valence-electron chi connectivity index (χ1n) is 1.20. The van der Waals surface area contributed by atoms with Crippen molar-refractivity contribution in [3.05, 3.63) is 0 Å². The van der Waals surface area contributed by atoms with Gasteiger partial charge in [-0.25, -0.2) is 0 Å². The largest absolute Gasteiger partial charge is 2.00 e. The fourth-order valence-electron chi connectivity index (χ4n) is 0. The van der Waals surface area contributed by atoms with Crippen LogP contribution in [-0.4, -0.2) is 15.9 Å². The number of carbonyl (C=O) groups excluding carboxylic acids is 1. The van der Waals surface area contributed by atoms with Gasteiger partial charge in [0.2, 0.25) is 0 Å². The molecule has 0 aliphatic rings. The average molecular weight is 69.1 g/mol. The minimum atomic E-state index is 0. The summed E-state index contributed by atoms with van der Waals surface area (Å²) in [5.74, 6) is 0.167. The van der Waals surface area contributed by atoms with E-state index in [0.717, 1.165) is 0 Å². The van der Waals surface area contributed by atoms with Gasteiger partial charge in [-0.3, -0.25) is 0 Å². The zero-order valence-electron chi connectivity index (χ0n) is 5.62. The van der Waals surface area contributed by atoms with Gasteiger partial charge in [-0.05, 0) is 13.8 Å². The summed E-state index contributed by atoms with van der Waals surface area (Å²) in [4.78, 5) is 9.44. The summed E-state index contributed by atoms with van der Waals surface area (Å²) in [5, 5.41) is 0. The number of ketones is 1. The molecule has 2 heteroatoms. The maximum Gasteiger partial charge on any atom is 2.00 e. The molecule has 0 atom stereocenters. The van der Waals surface area contributed by atoms with Crippen molar-refractivity contribution in [3.8, 4) is 0 Å². The molecule has 5 heavy (non-hydrogen) atoms. The van der Waals surface area contributed by atoms with E-state index in [1.54, 1.807) is 0 Å². The van der Waals surface area contributed by atoms with Crippen LogP contribution in [0.4, 0.5) is 0 Å². The topological polar surface area (TPSA) is 17.1 Å². The zero-order chi connectivity index (χ0) is 3.58.